The molecule has 0 aromatic heterocycles. The summed E-state index contributed by atoms with van der Waals surface area (Å²) in [7, 11) is 0. The van der Waals surface area contributed by atoms with Gasteiger partial charge in [0.1, 0.15) is 5.75 Å². The first-order valence-corrected chi connectivity index (χ1v) is 6.79. The molecule has 0 bridgehead atoms. The third-order valence-electron chi connectivity index (χ3n) is 3.24. The van der Waals surface area contributed by atoms with Gasteiger partial charge in [0, 0.05) is 26.2 Å². The molecule has 1 atom stereocenters. The second-order valence-electron chi connectivity index (χ2n) is 4.38. The summed E-state index contributed by atoms with van der Waals surface area (Å²) >= 11 is 3.03. The SMILES string of the molecule is C=C[C@H](c1c(O)c(Br)cc(F)c1F)N1CCNCC1.Cl.Cl. The van der Waals surface area contributed by atoms with Crippen LogP contribution in [0, 0.1) is 11.6 Å². The lowest BCUT2D eigenvalue weighted by Crippen LogP contribution is -2.44. The molecule has 3 nitrogen and oxygen atoms in total. The lowest BCUT2D eigenvalue weighted by Gasteiger charge is -2.34. The average Bonchev–Trinajstić information content (AvgIpc) is 2.42. The molecule has 0 aliphatic carbocycles. The van der Waals surface area contributed by atoms with Crippen molar-refractivity contribution < 1.29 is 13.9 Å². The fraction of sp³-hybridized carbons (Fsp3) is 0.385. The number of aromatic hydroxyl groups is 1. The van der Waals surface area contributed by atoms with Crippen LogP contribution in [0.15, 0.2) is 23.2 Å². The van der Waals surface area contributed by atoms with Gasteiger partial charge in [0.25, 0.3) is 0 Å². The summed E-state index contributed by atoms with van der Waals surface area (Å²) in [5, 5.41) is 13.2. The Morgan fingerprint density at radius 1 is 1.33 bits per heavy atom. The lowest BCUT2D eigenvalue weighted by atomic mass is 10.0. The number of phenolic OH excluding ortho intramolecular Hbond substituents is 1. The molecule has 2 N–H and O–H groups in total. The van der Waals surface area contributed by atoms with Crippen LogP contribution in [0.25, 0.3) is 0 Å². The molecule has 1 heterocycles. The van der Waals surface area contributed by atoms with Crippen LogP contribution in [0.2, 0.25) is 0 Å². The van der Waals surface area contributed by atoms with Crippen molar-refractivity contribution in [2.45, 2.75) is 6.04 Å². The molecule has 0 saturated carbocycles. The zero-order valence-corrected chi connectivity index (χ0v) is 14.3. The number of nitrogens with one attached hydrogen (secondary N) is 1. The molecule has 120 valence electrons. The number of nitrogens with zero attached hydrogens (tertiary/aromatic N) is 1. The van der Waals surface area contributed by atoms with Gasteiger partial charge in [0.2, 0.25) is 0 Å². The molecule has 0 spiro atoms. The highest BCUT2D eigenvalue weighted by Crippen LogP contribution is 2.38. The van der Waals surface area contributed by atoms with Crippen LogP contribution in [-0.4, -0.2) is 36.2 Å². The van der Waals surface area contributed by atoms with E-state index in [-0.39, 0.29) is 40.6 Å². The molecule has 1 aliphatic rings. The molecular formula is C13H17BrCl2F2N2O. The summed E-state index contributed by atoms with van der Waals surface area (Å²) in [5.74, 6) is -2.28. The van der Waals surface area contributed by atoms with Crippen molar-refractivity contribution in [3.8, 4) is 5.75 Å². The molecule has 1 fully saturated rings. The van der Waals surface area contributed by atoms with E-state index in [1.807, 2.05) is 4.90 Å². The minimum atomic E-state index is -1.02. The van der Waals surface area contributed by atoms with E-state index in [0.717, 1.165) is 19.2 Å². The molecule has 1 saturated heterocycles. The predicted molar refractivity (Wildman–Crippen MR) is 87.6 cm³/mol. The normalized spacial score (nSPS) is 16.5. The summed E-state index contributed by atoms with van der Waals surface area (Å²) in [6.07, 6.45) is 1.52. The first kappa shape index (κ1) is 20.6. The van der Waals surface area contributed by atoms with Gasteiger partial charge in [-0.15, -0.1) is 31.4 Å². The van der Waals surface area contributed by atoms with E-state index in [1.165, 1.54) is 6.08 Å². The van der Waals surface area contributed by atoms with Crippen LogP contribution in [0.4, 0.5) is 8.78 Å². The number of halogens is 5. The minimum Gasteiger partial charge on any atom is -0.506 e. The van der Waals surface area contributed by atoms with Crippen LogP contribution in [-0.2, 0) is 0 Å². The second-order valence-corrected chi connectivity index (χ2v) is 5.24. The second kappa shape index (κ2) is 8.90. The van der Waals surface area contributed by atoms with Crippen LogP contribution in [0.3, 0.4) is 0 Å². The predicted octanol–water partition coefficient (Wildman–Crippen LogP) is 3.41. The van der Waals surface area contributed by atoms with Gasteiger partial charge in [-0.25, -0.2) is 8.78 Å². The lowest BCUT2D eigenvalue weighted by molar-refractivity contribution is 0.196. The number of benzene rings is 1. The van der Waals surface area contributed by atoms with Gasteiger partial charge in [-0.2, -0.15) is 0 Å². The molecule has 0 amide bonds. The third-order valence-corrected chi connectivity index (χ3v) is 3.85. The molecular weight excluding hydrogens is 389 g/mol. The Kier molecular flexibility index (Phi) is 8.73. The van der Waals surface area contributed by atoms with Crippen molar-refractivity contribution in [3.05, 3.63) is 40.4 Å². The Morgan fingerprint density at radius 3 is 2.43 bits per heavy atom. The van der Waals surface area contributed by atoms with Crippen LogP contribution < -0.4 is 5.32 Å². The molecule has 0 unspecified atom stereocenters. The Balaban J connectivity index is 0.00000200. The largest absolute Gasteiger partial charge is 0.506 e. The zero-order valence-electron chi connectivity index (χ0n) is 11.1. The molecule has 21 heavy (non-hydrogen) atoms. The van der Waals surface area contributed by atoms with E-state index in [2.05, 4.69) is 27.8 Å². The highest BCUT2D eigenvalue weighted by molar-refractivity contribution is 9.10. The van der Waals surface area contributed by atoms with Crippen molar-refractivity contribution in [1.82, 2.24) is 10.2 Å². The van der Waals surface area contributed by atoms with Crippen molar-refractivity contribution >= 4 is 40.7 Å². The van der Waals surface area contributed by atoms with E-state index in [4.69, 9.17) is 0 Å². The van der Waals surface area contributed by atoms with Crippen molar-refractivity contribution in [3.63, 3.8) is 0 Å². The Bertz CT molecular complexity index is 473. The fourth-order valence-corrected chi connectivity index (χ4v) is 2.70. The number of piperazine rings is 1. The number of hydrogen-bond acceptors (Lipinski definition) is 3. The highest BCUT2D eigenvalue weighted by Gasteiger charge is 2.28. The van der Waals surface area contributed by atoms with E-state index < -0.39 is 17.7 Å². The Hall–Kier alpha value is -0.400. The summed E-state index contributed by atoms with van der Waals surface area (Å²) in [5.41, 5.74) is -0.0659. The summed E-state index contributed by atoms with van der Waals surface area (Å²) in [4.78, 5) is 1.95. The summed E-state index contributed by atoms with van der Waals surface area (Å²) in [6, 6.07) is 0.376. The molecule has 1 aromatic rings. The Morgan fingerprint density at radius 2 is 1.90 bits per heavy atom. The maximum atomic E-state index is 14.0. The zero-order chi connectivity index (χ0) is 14.0. The van der Waals surface area contributed by atoms with E-state index in [1.54, 1.807) is 0 Å². The van der Waals surface area contributed by atoms with Gasteiger partial charge in [-0.3, -0.25) is 4.90 Å². The van der Waals surface area contributed by atoms with Gasteiger partial charge >= 0.3 is 0 Å². The van der Waals surface area contributed by atoms with Crippen LogP contribution >= 0.6 is 40.7 Å². The third kappa shape index (κ3) is 4.29. The Labute approximate surface area is 143 Å². The van der Waals surface area contributed by atoms with Crippen LogP contribution in [0.1, 0.15) is 11.6 Å². The van der Waals surface area contributed by atoms with Crippen molar-refractivity contribution in [2.75, 3.05) is 26.2 Å². The molecule has 1 aliphatic heterocycles. The number of hydrogen-bond donors (Lipinski definition) is 2. The smallest absolute Gasteiger partial charge is 0.167 e. The molecule has 2 rings (SSSR count). The van der Waals surface area contributed by atoms with E-state index in [0.29, 0.717) is 13.1 Å². The fourth-order valence-electron chi connectivity index (χ4n) is 2.28. The summed E-state index contributed by atoms with van der Waals surface area (Å²) < 4.78 is 27.6. The van der Waals surface area contributed by atoms with Gasteiger partial charge in [0.05, 0.1) is 16.1 Å². The maximum absolute atomic E-state index is 14.0. The van der Waals surface area contributed by atoms with Gasteiger partial charge in [-0.1, -0.05) is 6.08 Å². The van der Waals surface area contributed by atoms with Gasteiger partial charge < -0.3 is 10.4 Å². The van der Waals surface area contributed by atoms with Crippen molar-refractivity contribution in [1.29, 1.82) is 0 Å². The topological polar surface area (TPSA) is 35.5 Å². The molecule has 1 aromatic carbocycles. The van der Waals surface area contributed by atoms with E-state index >= 15 is 0 Å². The quantitative estimate of drug-likeness (QED) is 0.597. The standard InChI is InChI=1S/C13H15BrF2N2O.2ClH/c1-2-10(18-5-3-17-4-6-18)11-12(16)9(15)7-8(14)13(11)19;;/h2,7,10,17,19H,1,3-6H2;2*1H/t10-;;/m1../s1. The average molecular weight is 406 g/mol. The monoisotopic (exact) mass is 404 g/mol. The summed E-state index contributed by atoms with van der Waals surface area (Å²) in [6.45, 7) is 6.58. The van der Waals surface area contributed by atoms with Crippen LogP contribution in [0.5, 0.6) is 5.75 Å². The van der Waals surface area contributed by atoms with Gasteiger partial charge in [0.15, 0.2) is 11.6 Å². The first-order chi connectivity index (χ1) is 9.06. The number of phenols is 1. The first-order valence-electron chi connectivity index (χ1n) is 6.00. The number of rotatable bonds is 3. The highest BCUT2D eigenvalue weighted by atomic mass is 79.9. The molecule has 0 radical (unpaired) electrons. The molecule has 8 heteroatoms. The van der Waals surface area contributed by atoms with Crippen molar-refractivity contribution in [2.24, 2.45) is 0 Å². The maximum Gasteiger partial charge on any atom is 0.167 e. The minimum absolute atomic E-state index is 0. The van der Waals surface area contributed by atoms with Gasteiger partial charge in [-0.05, 0) is 22.0 Å². The van der Waals surface area contributed by atoms with E-state index in [9.17, 15) is 13.9 Å².